The van der Waals surface area contributed by atoms with Gasteiger partial charge < -0.3 is 9.84 Å². The molecule has 0 aliphatic rings. The Balaban J connectivity index is 2.56. The summed E-state index contributed by atoms with van der Waals surface area (Å²) < 4.78 is 18.3. The van der Waals surface area contributed by atoms with Gasteiger partial charge in [-0.3, -0.25) is 0 Å². The normalized spacial score (nSPS) is 15.8. The first-order valence-electron chi connectivity index (χ1n) is 6.04. The fraction of sp³-hybridized carbons (Fsp3) is 0.500. The molecule has 4 heteroatoms. The first kappa shape index (κ1) is 14.6. The Morgan fingerprint density at radius 3 is 2.61 bits per heavy atom. The fourth-order valence-electron chi connectivity index (χ4n) is 1.64. The van der Waals surface area contributed by atoms with Gasteiger partial charge in [0.05, 0.1) is 6.61 Å². The van der Waals surface area contributed by atoms with Gasteiger partial charge in [0.2, 0.25) is 6.17 Å². The molecular formula is C14H19FO3. The minimum atomic E-state index is -2.01. The van der Waals surface area contributed by atoms with Gasteiger partial charge in [-0.25, -0.2) is 9.18 Å². The van der Waals surface area contributed by atoms with Crippen LogP contribution in [0.15, 0.2) is 30.3 Å². The number of hydrogen-bond acceptors (Lipinski definition) is 3. The molecule has 0 aliphatic heterocycles. The highest BCUT2D eigenvalue weighted by Gasteiger charge is 2.38. The van der Waals surface area contributed by atoms with Crippen LogP contribution in [0.25, 0.3) is 0 Å². The number of aryl methyl sites for hydroxylation is 1. The third kappa shape index (κ3) is 4.11. The lowest BCUT2D eigenvalue weighted by molar-refractivity contribution is -0.159. The first-order valence-corrected chi connectivity index (χ1v) is 6.04. The highest BCUT2D eigenvalue weighted by molar-refractivity contribution is 5.76. The number of ether oxygens (including phenoxy) is 1. The molecule has 3 nitrogen and oxygen atoms in total. The van der Waals surface area contributed by atoms with Crippen LogP contribution >= 0.6 is 0 Å². The Kier molecular flexibility index (Phi) is 5.28. The minimum Gasteiger partial charge on any atom is -0.464 e. The molecule has 0 spiro atoms. The Labute approximate surface area is 107 Å². The maximum Gasteiger partial charge on any atom is 0.343 e. The second-order valence-electron chi connectivity index (χ2n) is 4.46. The Hall–Kier alpha value is -1.42. The molecule has 100 valence electrons. The predicted molar refractivity (Wildman–Crippen MR) is 66.9 cm³/mol. The van der Waals surface area contributed by atoms with Crippen molar-refractivity contribution in [1.82, 2.24) is 0 Å². The Morgan fingerprint density at radius 2 is 2.06 bits per heavy atom. The van der Waals surface area contributed by atoms with E-state index in [9.17, 15) is 14.3 Å². The van der Waals surface area contributed by atoms with E-state index >= 15 is 0 Å². The third-order valence-electron chi connectivity index (χ3n) is 2.80. The lowest BCUT2D eigenvalue weighted by Gasteiger charge is -2.25. The Morgan fingerprint density at radius 1 is 1.44 bits per heavy atom. The summed E-state index contributed by atoms with van der Waals surface area (Å²) in [6.07, 6.45) is -1.34. The SMILES string of the molecule is CCOC(=O)C(F)C(C)(O)CCc1ccccc1. The third-order valence-corrected chi connectivity index (χ3v) is 2.80. The topological polar surface area (TPSA) is 46.5 Å². The molecule has 18 heavy (non-hydrogen) atoms. The summed E-state index contributed by atoms with van der Waals surface area (Å²) in [6.45, 7) is 3.02. The number of hydrogen-bond donors (Lipinski definition) is 1. The molecule has 0 amide bonds. The summed E-state index contributed by atoms with van der Waals surface area (Å²) in [5.74, 6) is -1.00. The zero-order chi connectivity index (χ0) is 13.6. The van der Waals surface area contributed by atoms with Gasteiger partial charge in [-0.2, -0.15) is 0 Å². The van der Waals surface area contributed by atoms with Gasteiger partial charge in [0.25, 0.3) is 0 Å². The molecule has 0 bridgehead atoms. The van der Waals surface area contributed by atoms with Gasteiger partial charge in [-0.05, 0) is 32.3 Å². The zero-order valence-electron chi connectivity index (χ0n) is 10.7. The van der Waals surface area contributed by atoms with Crippen molar-refractivity contribution in [3.63, 3.8) is 0 Å². The molecule has 1 aromatic rings. The maximum atomic E-state index is 13.7. The second-order valence-corrected chi connectivity index (χ2v) is 4.46. The monoisotopic (exact) mass is 254 g/mol. The van der Waals surface area contributed by atoms with E-state index in [1.165, 1.54) is 6.92 Å². The van der Waals surface area contributed by atoms with Crippen molar-refractivity contribution < 1.29 is 19.0 Å². The van der Waals surface area contributed by atoms with Gasteiger partial charge in [-0.1, -0.05) is 30.3 Å². The highest BCUT2D eigenvalue weighted by Crippen LogP contribution is 2.21. The number of alkyl halides is 1. The van der Waals surface area contributed by atoms with Crippen molar-refractivity contribution >= 4 is 5.97 Å². The molecule has 0 heterocycles. The average Bonchev–Trinajstić information content (AvgIpc) is 2.37. The summed E-state index contributed by atoms with van der Waals surface area (Å²) >= 11 is 0. The number of carbonyl (C=O) groups is 1. The highest BCUT2D eigenvalue weighted by atomic mass is 19.1. The van der Waals surface area contributed by atoms with E-state index in [1.807, 2.05) is 30.3 Å². The standard InChI is InChI=1S/C14H19FO3/c1-3-18-13(16)12(15)14(2,17)10-9-11-7-5-4-6-8-11/h4-8,12,17H,3,9-10H2,1-2H3. The van der Waals surface area contributed by atoms with Crippen LogP contribution in [-0.2, 0) is 16.0 Å². The zero-order valence-corrected chi connectivity index (χ0v) is 10.7. The van der Waals surface area contributed by atoms with Crippen LogP contribution in [0.3, 0.4) is 0 Å². The largest absolute Gasteiger partial charge is 0.464 e. The van der Waals surface area contributed by atoms with Crippen molar-refractivity contribution in [3.8, 4) is 0 Å². The van der Waals surface area contributed by atoms with Gasteiger partial charge >= 0.3 is 5.97 Å². The number of halogens is 1. The number of benzene rings is 1. The van der Waals surface area contributed by atoms with E-state index in [2.05, 4.69) is 4.74 Å². The molecule has 0 saturated heterocycles. The molecular weight excluding hydrogens is 235 g/mol. The first-order chi connectivity index (χ1) is 8.47. The molecule has 0 fully saturated rings. The second kappa shape index (κ2) is 6.50. The summed E-state index contributed by atoms with van der Waals surface area (Å²) in [5.41, 5.74) is -0.712. The molecule has 0 saturated carbocycles. The number of carbonyl (C=O) groups excluding carboxylic acids is 1. The summed E-state index contributed by atoms with van der Waals surface area (Å²) in [4.78, 5) is 11.2. The van der Waals surface area contributed by atoms with E-state index in [0.29, 0.717) is 6.42 Å². The van der Waals surface area contributed by atoms with Crippen molar-refractivity contribution in [2.75, 3.05) is 6.61 Å². The summed E-state index contributed by atoms with van der Waals surface area (Å²) in [5, 5.41) is 9.97. The van der Waals surface area contributed by atoms with Crippen molar-refractivity contribution in [3.05, 3.63) is 35.9 Å². The number of esters is 1. The molecule has 2 atom stereocenters. The smallest absolute Gasteiger partial charge is 0.343 e. The molecule has 2 unspecified atom stereocenters. The van der Waals surface area contributed by atoms with Crippen LogP contribution in [0.2, 0.25) is 0 Å². The number of rotatable bonds is 6. The minimum absolute atomic E-state index is 0.105. The van der Waals surface area contributed by atoms with Crippen LogP contribution in [0, 0.1) is 0 Å². The molecule has 0 aliphatic carbocycles. The quantitative estimate of drug-likeness (QED) is 0.792. The lowest BCUT2D eigenvalue weighted by atomic mass is 9.92. The maximum absolute atomic E-state index is 13.7. The van der Waals surface area contributed by atoms with Gasteiger partial charge in [0.15, 0.2) is 0 Å². The Bertz CT molecular complexity index is 376. The predicted octanol–water partition coefficient (Wildman–Crippen LogP) is 2.27. The van der Waals surface area contributed by atoms with Crippen molar-refractivity contribution in [2.24, 2.45) is 0 Å². The summed E-state index contributed by atoms with van der Waals surface area (Å²) in [7, 11) is 0. The van der Waals surface area contributed by atoms with E-state index in [0.717, 1.165) is 5.56 Å². The van der Waals surface area contributed by atoms with E-state index < -0.39 is 17.7 Å². The molecule has 1 rings (SSSR count). The van der Waals surface area contributed by atoms with E-state index in [-0.39, 0.29) is 13.0 Å². The van der Waals surface area contributed by atoms with Crippen LogP contribution in [0.4, 0.5) is 4.39 Å². The lowest BCUT2D eigenvalue weighted by Crippen LogP contribution is -2.43. The van der Waals surface area contributed by atoms with Gasteiger partial charge in [-0.15, -0.1) is 0 Å². The van der Waals surface area contributed by atoms with Crippen LogP contribution in [0.1, 0.15) is 25.8 Å². The molecule has 1 N–H and O–H groups in total. The fourth-order valence-corrected chi connectivity index (χ4v) is 1.64. The van der Waals surface area contributed by atoms with Crippen LogP contribution < -0.4 is 0 Å². The van der Waals surface area contributed by atoms with E-state index in [1.54, 1.807) is 6.92 Å². The molecule has 1 aromatic carbocycles. The molecule has 0 radical (unpaired) electrons. The average molecular weight is 254 g/mol. The number of aliphatic hydroxyl groups is 1. The van der Waals surface area contributed by atoms with Crippen molar-refractivity contribution in [1.29, 1.82) is 0 Å². The van der Waals surface area contributed by atoms with Crippen LogP contribution in [0.5, 0.6) is 0 Å². The van der Waals surface area contributed by atoms with Gasteiger partial charge in [0.1, 0.15) is 5.60 Å². The van der Waals surface area contributed by atoms with Gasteiger partial charge in [0, 0.05) is 0 Å². The van der Waals surface area contributed by atoms with Crippen LogP contribution in [-0.4, -0.2) is 29.5 Å². The van der Waals surface area contributed by atoms with E-state index in [4.69, 9.17) is 0 Å². The van der Waals surface area contributed by atoms with Crippen molar-refractivity contribution in [2.45, 2.75) is 38.5 Å². The summed E-state index contributed by atoms with van der Waals surface area (Å²) in [6, 6.07) is 9.43. The molecule has 0 aromatic heterocycles.